The minimum absolute atomic E-state index is 0.135. The van der Waals surface area contributed by atoms with Crippen LogP contribution in [0.4, 0.5) is 10.5 Å². The first-order valence-corrected chi connectivity index (χ1v) is 12.2. The van der Waals surface area contributed by atoms with E-state index in [1.54, 1.807) is 25.1 Å². The number of anilines is 1. The third-order valence-corrected chi connectivity index (χ3v) is 7.92. The monoisotopic (exact) mass is 468 g/mol. The predicted molar refractivity (Wildman–Crippen MR) is 115 cm³/mol. The van der Waals surface area contributed by atoms with Gasteiger partial charge in [0.2, 0.25) is 12.7 Å². The van der Waals surface area contributed by atoms with Gasteiger partial charge in [-0.15, -0.1) is 0 Å². The van der Waals surface area contributed by atoms with E-state index in [-0.39, 0.29) is 51.4 Å². The molecule has 0 radical (unpaired) electrons. The number of nitrogens with one attached hydrogen (secondary N) is 1. The number of ether oxygens (including phenoxy) is 3. The van der Waals surface area contributed by atoms with Gasteiger partial charge >= 0.3 is 6.09 Å². The maximum Gasteiger partial charge on any atom is 0.409 e. The first kappa shape index (κ1) is 22.6. The third-order valence-electron chi connectivity index (χ3n) is 5.88. The zero-order valence-corrected chi connectivity index (χ0v) is 18.8. The molecule has 176 valence electrons. The largest absolute Gasteiger partial charge is 0.454 e. The maximum atomic E-state index is 13.0. The minimum Gasteiger partial charge on any atom is -0.454 e. The van der Waals surface area contributed by atoms with Crippen LogP contribution in [0.5, 0.6) is 11.5 Å². The number of piperidine rings is 1. The summed E-state index contributed by atoms with van der Waals surface area (Å²) >= 11 is 0. The van der Waals surface area contributed by atoms with Crippen molar-refractivity contribution in [3.8, 4) is 11.5 Å². The molecule has 12 heteroatoms. The molecule has 0 spiro atoms. The molecule has 2 amide bonds. The van der Waals surface area contributed by atoms with Gasteiger partial charge in [-0.25, -0.2) is 4.79 Å². The fraction of sp³-hybridized carbons (Fsp3) is 0.600. The van der Waals surface area contributed by atoms with Crippen molar-refractivity contribution in [2.45, 2.75) is 19.8 Å². The summed E-state index contributed by atoms with van der Waals surface area (Å²) in [7, 11) is -3.64. The summed E-state index contributed by atoms with van der Waals surface area (Å²) < 4.78 is 44.4. The Morgan fingerprint density at radius 3 is 2.38 bits per heavy atom. The van der Waals surface area contributed by atoms with E-state index in [9.17, 15) is 18.0 Å². The zero-order chi connectivity index (χ0) is 22.7. The molecule has 3 heterocycles. The number of hydrogen-bond acceptors (Lipinski definition) is 7. The highest BCUT2D eigenvalue weighted by atomic mass is 32.2. The summed E-state index contributed by atoms with van der Waals surface area (Å²) in [6.07, 6.45) is 0.468. The summed E-state index contributed by atoms with van der Waals surface area (Å²) in [6.45, 7) is 3.79. The molecule has 0 unspecified atom stereocenters. The van der Waals surface area contributed by atoms with E-state index in [4.69, 9.17) is 14.2 Å². The Morgan fingerprint density at radius 1 is 1.03 bits per heavy atom. The Balaban J connectivity index is 1.27. The summed E-state index contributed by atoms with van der Waals surface area (Å²) in [6, 6.07) is 5.21. The second-order valence-corrected chi connectivity index (χ2v) is 9.75. The van der Waals surface area contributed by atoms with Crippen molar-refractivity contribution in [1.82, 2.24) is 13.5 Å². The number of carbonyl (C=O) groups excluding carboxylic acids is 2. The topological polar surface area (TPSA) is 118 Å². The highest BCUT2D eigenvalue weighted by Crippen LogP contribution is 2.34. The Labute approximate surface area is 187 Å². The molecule has 1 aromatic rings. The van der Waals surface area contributed by atoms with Crippen molar-refractivity contribution in [3.63, 3.8) is 0 Å². The van der Waals surface area contributed by atoms with Gasteiger partial charge in [0.1, 0.15) is 0 Å². The van der Waals surface area contributed by atoms with E-state index in [1.807, 2.05) is 0 Å². The van der Waals surface area contributed by atoms with E-state index in [0.717, 1.165) is 0 Å². The summed E-state index contributed by atoms with van der Waals surface area (Å²) in [5.74, 6) is 0.827. The minimum atomic E-state index is -3.64. The van der Waals surface area contributed by atoms with Gasteiger partial charge in [-0.2, -0.15) is 17.0 Å². The summed E-state index contributed by atoms with van der Waals surface area (Å²) in [5.41, 5.74) is 0.619. The number of hydrogen-bond donors (Lipinski definition) is 1. The number of nitrogens with zero attached hydrogens (tertiary/aromatic N) is 3. The molecule has 3 aliphatic rings. The van der Waals surface area contributed by atoms with Crippen molar-refractivity contribution in [2.75, 3.05) is 58.0 Å². The van der Waals surface area contributed by atoms with Gasteiger partial charge in [0.05, 0.1) is 6.61 Å². The molecule has 2 fully saturated rings. The fourth-order valence-corrected chi connectivity index (χ4v) is 5.67. The quantitative estimate of drug-likeness (QED) is 0.687. The lowest BCUT2D eigenvalue weighted by Crippen LogP contribution is -2.55. The predicted octanol–water partition coefficient (Wildman–Crippen LogP) is 1.08. The van der Waals surface area contributed by atoms with Crippen LogP contribution in [0.3, 0.4) is 0 Å². The molecule has 1 N–H and O–H groups in total. The Hall–Kier alpha value is -2.57. The highest BCUT2D eigenvalue weighted by molar-refractivity contribution is 7.86. The lowest BCUT2D eigenvalue weighted by Gasteiger charge is -2.38. The number of amides is 2. The van der Waals surface area contributed by atoms with Gasteiger partial charge in [0.15, 0.2) is 11.5 Å². The second kappa shape index (κ2) is 9.51. The van der Waals surface area contributed by atoms with Crippen LogP contribution in [0.2, 0.25) is 0 Å². The lowest BCUT2D eigenvalue weighted by atomic mass is 9.97. The van der Waals surface area contributed by atoms with E-state index in [2.05, 4.69) is 5.32 Å². The third kappa shape index (κ3) is 4.76. The first-order chi connectivity index (χ1) is 15.4. The molecule has 0 bridgehead atoms. The molecule has 4 rings (SSSR count). The number of piperazine rings is 1. The van der Waals surface area contributed by atoms with Crippen LogP contribution in [-0.4, -0.2) is 86.6 Å². The number of benzene rings is 1. The van der Waals surface area contributed by atoms with Crippen LogP contribution in [0.1, 0.15) is 19.8 Å². The van der Waals surface area contributed by atoms with Crippen LogP contribution in [0, 0.1) is 5.92 Å². The Kier molecular flexibility index (Phi) is 6.72. The molecule has 0 aromatic heterocycles. The molecular weight excluding hydrogens is 440 g/mol. The molecule has 32 heavy (non-hydrogen) atoms. The second-order valence-electron chi connectivity index (χ2n) is 7.82. The molecular formula is C20H28N4O7S. The molecule has 2 saturated heterocycles. The SMILES string of the molecule is CCOC(=O)N1CCN(S(=O)(=O)N2CCC(C(=O)Nc3ccc4c(c3)OCO4)CC2)CC1. The molecule has 0 saturated carbocycles. The average Bonchev–Trinajstić information content (AvgIpc) is 3.27. The fourth-order valence-electron chi connectivity index (χ4n) is 4.05. The maximum absolute atomic E-state index is 13.0. The van der Waals surface area contributed by atoms with Gasteiger partial charge in [0, 0.05) is 56.9 Å². The van der Waals surface area contributed by atoms with Gasteiger partial charge in [-0.3, -0.25) is 4.79 Å². The van der Waals surface area contributed by atoms with E-state index in [1.165, 1.54) is 13.5 Å². The molecule has 0 aliphatic carbocycles. The number of rotatable bonds is 5. The van der Waals surface area contributed by atoms with Crippen LogP contribution in [0.25, 0.3) is 0 Å². The normalized spacial score (nSPS) is 20.2. The average molecular weight is 469 g/mol. The van der Waals surface area contributed by atoms with Gasteiger partial charge in [-0.05, 0) is 31.9 Å². The molecule has 0 atom stereocenters. The Bertz CT molecular complexity index is 955. The molecule has 11 nitrogen and oxygen atoms in total. The van der Waals surface area contributed by atoms with Crippen LogP contribution in [0.15, 0.2) is 18.2 Å². The van der Waals surface area contributed by atoms with Crippen molar-refractivity contribution < 1.29 is 32.2 Å². The van der Waals surface area contributed by atoms with Gasteiger partial charge in [0.25, 0.3) is 10.2 Å². The van der Waals surface area contributed by atoms with E-state index < -0.39 is 16.3 Å². The first-order valence-electron chi connectivity index (χ1n) is 10.8. The lowest BCUT2D eigenvalue weighted by molar-refractivity contribution is -0.120. The summed E-state index contributed by atoms with van der Waals surface area (Å²) in [4.78, 5) is 26.0. The van der Waals surface area contributed by atoms with Crippen molar-refractivity contribution in [3.05, 3.63) is 18.2 Å². The van der Waals surface area contributed by atoms with Crippen molar-refractivity contribution >= 4 is 27.9 Å². The van der Waals surface area contributed by atoms with Crippen LogP contribution >= 0.6 is 0 Å². The smallest absolute Gasteiger partial charge is 0.409 e. The number of carbonyl (C=O) groups is 2. The van der Waals surface area contributed by atoms with E-state index >= 15 is 0 Å². The van der Waals surface area contributed by atoms with Crippen LogP contribution in [-0.2, 0) is 19.7 Å². The molecule has 3 aliphatic heterocycles. The van der Waals surface area contributed by atoms with Crippen molar-refractivity contribution in [1.29, 1.82) is 0 Å². The zero-order valence-electron chi connectivity index (χ0n) is 18.0. The molecule has 1 aromatic carbocycles. The number of fused-ring (bicyclic) bond motifs is 1. The van der Waals surface area contributed by atoms with Crippen molar-refractivity contribution in [2.24, 2.45) is 5.92 Å². The highest BCUT2D eigenvalue weighted by Gasteiger charge is 2.37. The van der Waals surface area contributed by atoms with E-state index in [0.29, 0.717) is 43.1 Å². The standard InChI is InChI=1S/C20H28N4O7S/c1-2-29-20(26)22-9-11-24(12-10-22)32(27,28)23-7-5-15(6-8-23)19(25)21-16-3-4-17-18(13-16)31-14-30-17/h3-4,13,15H,2,5-12,14H2,1H3,(H,21,25). The summed E-state index contributed by atoms with van der Waals surface area (Å²) in [5, 5.41) is 2.88. The van der Waals surface area contributed by atoms with Crippen LogP contribution < -0.4 is 14.8 Å². The van der Waals surface area contributed by atoms with Gasteiger partial charge < -0.3 is 24.4 Å². The Morgan fingerprint density at radius 2 is 1.69 bits per heavy atom. The van der Waals surface area contributed by atoms with Gasteiger partial charge in [-0.1, -0.05) is 0 Å².